The van der Waals surface area contributed by atoms with Crippen LogP contribution >= 0.6 is 0 Å². The summed E-state index contributed by atoms with van der Waals surface area (Å²) in [5.74, 6) is 1.49. The molecule has 0 aliphatic carbocycles. The number of hydrogen-bond acceptors (Lipinski definition) is 3. The van der Waals surface area contributed by atoms with E-state index in [4.69, 9.17) is 16.3 Å². The van der Waals surface area contributed by atoms with Crippen LogP contribution in [0.5, 0.6) is 0 Å². The molecule has 4 heteroatoms. The average Bonchev–Trinajstić information content (AvgIpc) is 2.03. The Morgan fingerprint density at radius 2 is 2.31 bits per heavy atom. The molecule has 1 unspecified atom stereocenters. The summed E-state index contributed by atoms with van der Waals surface area (Å²) < 4.78 is 4.74. The van der Waals surface area contributed by atoms with Crippen LogP contribution in [0.4, 0.5) is 0 Å². The van der Waals surface area contributed by atoms with E-state index in [-0.39, 0.29) is 6.61 Å². The molecule has 74 valence electrons. The molecule has 0 radical (unpaired) electrons. The van der Waals surface area contributed by atoms with Gasteiger partial charge in [0.15, 0.2) is 0 Å². The molecule has 0 rings (SSSR count). The van der Waals surface area contributed by atoms with Gasteiger partial charge in [-0.1, -0.05) is 5.92 Å². The van der Waals surface area contributed by atoms with E-state index in [1.807, 2.05) is 0 Å². The van der Waals surface area contributed by atoms with E-state index in [1.54, 1.807) is 13.8 Å². The summed E-state index contributed by atoms with van der Waals surface area (Å²) in [4.78, 5) is 10.7. The van der Waals surface area contributed by atoms with Gasteiger partial charge in [-0.05, 0) is 13.8 Å². The summed E-state index contributed by atoms with van der Waals surface area (Å²) >= 11 is 0. The first-order valence-electron chi connectivity index (χ1n) is 3.90. The van der Waals surface area contributed by atoms with Gasteiger partial charge in [0.1, 0.15) is 6.04 Å². The van der Waals surface area contributed by atoms with Gasteiger partial charge >= 0.3 is 5.97 Å². The molecule has 0 aliphatic rings. The molecular formula is C9H15NO3. The SMILES string of the molecule is C#CC(C)(C)NC(COC)C(=O)O. The normalized spacial score (nSPS) is 13.4. The minimum Gasteiger partial charge on any atom is -0.480 e. The molecule has 0 aliphatic heterocycles. The standard InChI is InChI=1S/C9H15NO3/c1-5-9(2,3)10-7(6-13-4)8(11)12/h1,7,10H,6H2,2-4H3,(H,11,12). The number of carboxylic acid groups (broad SMARTS) is 1. The van der Waals surface area contributed by atoms with Gasteiger partial charge in [-0.25, -0.2) is 0 Å². The van der Waals surface area contributed by atoms with Gasteiger partial charge in [-0.15, -0.1) is 6.42 Å². The minimum absolute atomic E-state index is 0.0977. The van der Waals surface area contributed by atoms with E-state index in [1.165, 1.54) is 7.11 Å². The van der Waals surface area contributed by atoms with E-state index in [2.05, 4.69) is 11.2 Å². The van der Waals surface area contributed by atoms with Crippen LogP contribution in [-0.2, 0) is 9.53 Å². The molecule has 0 saturated heterocycles. The Morgan fingerprint density at radius 1 is 1.77 bits per heavy atom. The fourth-order valence-electron chi connectivity index (χ4n) is 0.819. The van der Waals surface area contributed by atoms with Crippen LogP contribution in [0.2, 0.25) is 0 Å². The number of terminal acetylenes is 1. The van der Waals surface area contributed by atoms with Crippen LogP contribution in [-0.4, -0.2) is 36.4 Å². The number of aliphatic carboxylic acids is 1. The van der Waals surface area contributed by atoms with Crippen molar-refractivity contribution in [2.75, 3.05) is 13.7 Å². The fraction of sp³-hybridized carbons (Fsp3) is 0.667. The first-order valence-corrected chi connectivity index (χ1v) is 3.90. The highest BCUT2D eigenvalue weighted by Crippen LogP contribution is 2.01. The minimum atomic E-state index is -0.967. The van der Waals surface area contributed by atoms with E-state index in [0.29, 0.717) is 0 Å². The van der Waals surface area contributed by atoms with Crippen LogP contribution < -0.4 is 5.32 Å². The van der Waals surface area contributed by atoms with E-state index in [9.17, 15) is 4.79 Å². The monoisotopic (exact) mass is 185 g/mol. The van der Waals surface area contributed by atoms with Gasteiger partial charge in [0, 0.05) is 7.11 Å². The molecule has 0 aromatic rings. The smallest absolute Gasteiger partial charge is 0.323 e. The molecule has 0 heterocycles. The lowest BCUT2D eigenvalue weighted by molar-refractivity contribution is -0.141. The molecule has 13 heavy (non-hydrogen) atoms. The van der Waals surface area contributed by atoms with Crippen molar-refractivity contribution in [2.24, 2.45) is 0 Å². The van der Waals surface area contributed by atoms with Crippen LogP contribution in [0.15, 0.2) is 0 Å². The van der Waals surface area contributed by atoms with Gasteiger partial charge in [0.2, 0.25) is 0 Å². The summed E-state index contributed by atoms with van der Waals surface area (Å²) in [6, 6.07) is -0.768. The second-order valence-corrected chi connectivity index (χ2v) is 3.26. The molecule has 0 spiro atoms. The maximum atomic E-state index is 10.7. The van der Waals surface area contributed by atoms with Crippen LogP contribution in [0.1, 0.15) is 13.8 Å². The fourth-order valence-corrected chi connectivity index (χ4v) is 0.819. The molecule has 1 atom stereocenters. The van der Waals surface area contributed by atoms with Crippen molar-refractivity contribution in [3.63, 3.8) is 0 Å². The lowest BCUT2D eigenvalue weighted by Crippen LogP contribution is -2.50. The molecule has 0 aromatic heterocycles. The molecule has 0 amide bonds. The Balaban J connectivity index is 4.27. The van der Waals surface area contributed by atoms with E-state index < -0.39 is 17.6 Å². The van der Waals surface area contributed by atoms with Crippen molar-refractivity contribution < 1.29 is 14.6 Å². The summed E-state index contributed by atoms with van der Waals surface area (Å²) in [6.45, 7) is 3.57. The zero-order valence-corrected chi connectivity index (χ0v) is 8.13. The number of rotatable bonds is 5. The molecule has 0 bridgehead atoms. The third-order valence-electron chi connectivity index (χ3n) is 1.53. The molecule has 4 nitrogen and oxygen atoms in total. The van der Waals surface area contributed by atoms with Gasteiger partial charge < -0.3 is 9.84 Å². The van der Waals surface area contributed by atoms with Crippen molar-refractivity contribution in [1.82, 2.24) is 5.32 Å². The zero-order valence-electron chi connectivity index (χ0n) is 8.13. The Labute approximate surface area is 78.3 Å². The number of carbonyl (C=O) groups is 1. The summed E-state index contributed by atoms with van der Waals surface area (Å²) in [7, 11) is 1.44. The largest absolute Gasteiger partial charge is 0.480 e. The summed E-state index contributed by atoms with van der Waals surface area (Å²) in [5, 5.41) is 11.5. The number of hydrogen-bond donors (Lipinski definition) is 2. The van der Waals surface area contributed by atoms with Gasteiger partial charge in [-0.2, -0.15) is 0 Å². The third-order valence-corrected chi connectivity index (χ3v) is 1.53. The Morgan fingerprint density at radius 3 is 2.62 bits per heavy atom. The van der Waals surface area contributed by atoms with Crippen molar-refractivity contribution >= 4 is 5.97 Å². The molecule has 0 fully saturated rings. The Hall–Kier alpha value is -1.05. The predicted molar refractivity (Wildman–Crippen MR) is 49.3 cm³/mol. The second kappa shape index (κ2) is 4.85. The van der Waals surface area contributed by atoms with Crippen molar-refractivity contribution in [2.45, 2.75) is 25.4 Å². The number of nitrogens with one attached hydrogen (secondary N) is 1. The average molecular weight is 185 g/mol. The number of carboxylic acids is 1. The highest BCUT2D eigenvalue weighted by atomic mass is 16.5. The molecule has 0 saturated carbocycles. The number of methoxy groups -OCH3 is 1. The molecule has 2 N–H and O–H groups in total. The van der Waals surface area contributed by atoms with Crippen molar-refractivity contribution in [3.8, 4) is 12.3 Å². The Bertz CT molecular complexity index is 217. The summed E-state index contributed by atoms with van der Waals surface area (Å²) in [5.41, 5.74) is -0.637. The third kappa shape index (κ3) is 4.51. The maximum Gasteiger partial charge on any atom is 0.323 e. The highest BCUT2D eigenvalue weighted by Gasteiger charge is 2.24. The molecule has 0 aromatic carbocycles. The predicted octanol–water partition coefficient (Wildman–Crippen LogP) is 0.0874. The lowest BCUT2D eigenvalue weighted by atomic mass is 10.1. The van der Waals surface area contributed by atoms with Crippen LogP contribution in [0.25, 0.3) is 0 Å². The lowest BCUT2D eigenvalue weighted by Gasteiger charge is -2.24. The van der Waals surface area contributed by atoms with Gasteiger partial charge in [0.05, 0.1) is 12.1 Å². The van der Waals surface area contributed by atoms with Gasteiger partial charge in [0.25, 0.3) is 0 Å². The van der Waals surface area contributed by atoms with Crippen LogP contribution in [0.3, 0.4) is 0 Å². The number of ether oxygens (including phenoxy) is 1. The second-order valence-electron chi connectivity index (χ2n) is 3.26. The Kier molecular flexibility index (Phi) is 4.46. The zero-order chi connectivity index (χ0) is 10.5. The van der Waals surface area contributed by atoms with Crippen molar-refractivity contribution in [3.05, 3.63) is 0 Å². The quantitative estimate of drug-likeness (QED) is 0.596. The van der Waals surface area contributed by atoms with Crippen molar-refractivity contribution in [1.29, 1.82) is 0 Å². The first kappa shape index (κ1) is 11.9. The maximum absolute atomic E-state index is 10.7. The van der Waals surface area contributed by atoms with Gasteiger partial charge in [-0.3, -0.25) is 10.1 Å². The molecular weight excluding hydrogens is 170 g/mol. The summed E-state index contributed by atoms with van der Waals surface area (Å²) in [6.07, 6.45) is 5.20. The van der Waals surface area contributed by atoms with Crippen LogP contribution in [0, 0.1) is 12.3 Å². The van der Waals surface area contributed by atoms with E-state index >= 15 is 0 Å². The van der Waals surface area contributed by atoms with E-state index in [0.717, 1.165) is 0 Å². The topological polar surface area (TPSA) is 58.6 Å². The first-order chi connectivity index (χ1) is 5.93. The highest BCUT2D eigenvalue weighted by molar-refractivity contribution is 5.73.